The first-order valence-corrected chi connectivity index (χ1v) is 5.00. The lowest BCUT2D eigenvalue weighted by Gasteiger charge is -2.05. The van der Waals surface area contributed by atoms with Gasteiger partial charge >= 0.3 is 6.73 Å². The second-order valence-electron chi connectivity index (χ2n) is 3.17. The summed E-state index contributed by atoms with van der Waals surface area (Å²) in [7, 11) is 2.75. The molecule has 92 valence electrons. The van der Waals surface area contributed by atoms with Crippen LogP contribution >= 0.6 is 11.6 Å². The third-order valence-electron chi connectivity index (χ3n) is 2.04. The van der Waals surface area contributed by atoms with E-state index >= 15 is 0 Å². The molecule has 2 N–H and O–H groups in total. The highest BCUT2D eigenvalue weighted by atomic mass is 35.5. The smallest absolute Gasteiger partial charge is 0.301 e. The van der Waals surface area contributed by atoms with E-state index in [1.807, 2.05) is 0 Å². The van der Waals surface area contributed by atoms with Crippen LogP contribution in [0, 0.1) is 4.91 Å². The van der Waals surface area contributed by atoms with E-state index in [2.05, 4.69) is 4.74 Å². The lowest BCUT2D eigenvalue weighted by atomic mass is 10.1. The highest BCUT2D eigenvalue weighted by Crippen LogP contribution is 2.35. The molecule has 1 rings (SSSR count). The molecule has 6 nitrogen and oxygen atoms in total. The van der Waals surface area contributed by atoms with Gasteiger partial charge < -0.3 is 15.2 Å². The molecule has 0 radical (unpaired) electrons. The van der Waals surface area contributed by atoms with E-state index in [0.29, 0.717) is 4.76 Å². The highest BCUT2D eigenvalue weighted by Gasteiger charge is 2.24. The van der Waals surface area contributed by atoms with Gasteiger partial charge in [-0.05, 0) is 6.07 Å². The molecule has 17 heavy (non-hydrogen) atoms. The van der Waals surface area contributed by atoms with Crippen LogP contribution in [-0.2, 0) is 4.74 Å². The van der Waals surface area contributed by atoms with Gasteiger partial charge in [-0.1, -0.05) is 11.6 Å². The Morgan fingerprint density at radius 2 is 2.12 bits per heavy atom. The third-order valence-corrected chi connectivity index (χ3v) is 2.42. The molecule has 0 aromatic heterocycles. The molecule has 0 atom stereocenters. The van der Waals surface area contributed by atoms with Crippen LogP contribution < -0.4 is 10.5 Å². The Kier molecular flexibility index (Phi) is 4.42. The van der Waals surface area contributed by atoms with Gasteiger partial charge in [-0.2, -0.15) is 0 Å². The Morgan fingerprint density at radius 3 is 2.59 bits per heavy atom. The summed E-state index contributed by atoms with van der Waals surface area (Å²) < 4.78 is 10.1. The van der Waals surface area contributed by atoms with E-state index in [-0.39, 0.29) is 28.8 Å². The quantitative estimate of drug-likeness (QED) is 0.641. The van der Waals surface area contributed by atoms with Gasteiger partial charge in [0, 0.05) is 23.6 Å². The average molecular weight is 260 g/mol. The maximum atomic E-state index is 11.6. The Labute approximate surface area is 103 Å². The van der Waals surface area contributed by atoms with E-state index in [9.17, 15) is 9.70 Å². The number of carbonyl (C=O) groups excluding carboxylic acids is 1. The zero-order valence-corrected chi connectivity index (χ0v) is 10.2. The fourth-order valence-corrected chi connectivity index (χ4v) is 1.52. The number of primary amides is 1. The minimum atomic E-state index is -0.674. The summed E-state index contributed by atoms with van der Waals surface area (Å²) in [6, 6.07) is 2.66. The maximum absolute atomic E-state index is 11.6. The molecule has 0 heterocycles. The lowest BCUT2D eigenvalue weighted by Crippen LogP contribution is -2.13. The molecule has 7 heteroatoms. The van der Waals surface area contributed by atoms with Gasteiger partial charge in [-0.3, -0.25) is 4.79 Å². The molecule has 1 amide bonds. The van der Waals surface area contributed by atoms with Crippen molar-refractivity contribution >= 4 is 23.2 Å². The van der Waals surface area contributed by atoms with Crippen molar-refractivity contribution in [2.75, 3.05) is 21.0 Å². The first-order valence-electron chi connectivity index (χ1n) is 4.62. The first-order chi connectivity index (χ1) is 8.01. The van der Waals surface area contributed by atoms with Crippen molar-refractivity contribution in [1.29, 1.82) is 0 Å². The Hall–Kier alpha value is -1.66. The molecule has 0 unspecified atom stereocenters. The van der Waals surface area contributed by atoms with Gasteiger partial charge in [0.25, 0.3) is 5.69 Å². The summed E-state index contributed by atoms with van der Waals surface area (Å²) in [5, 5.41) is 0.101. The number of methoxy groups -OCH3 is 2. The number of nitrogens with two attached hydrogens (primary N) is 1. The zero-order valence-electron chi connectivity index (χ0n) is 9.40. The van der Waals surface area contributed by atoms with Crippen molar-refractivity contribution in [3.8, 4) is 5.75 Å². The summed E-state index contributed by atoms with van der Waals surface area (Å²) in [6.45, 7) is -0.217. The van der Waals surface area contributed by atoms with E-state index in [1.165, 1.54) is 26.4 Å². The number of hydrogen-bond acceptors (Lipinski definition) is 4. The number of rotatable bonds is 5. The molecule has 0 aliphatic rings. The topological polar surface area (TPSA) is 81.6 Å². The predicted octanol–water partition coefficient (Wildman–Crippen LogP) is 1.46. The average Bonchev–Trinajstić information content (AvgIpc) is 2.29. The van der Waals surface area contributed by atoms with Crippen LogP contribution in [0.2, 0.25) is 5.02 Å². The van der Waals surface area contributed by atoms with Crippen LogP contribution in [0.5, 0.6) is 5.75 Å². The molecule has 0 bridgehead atoms. The summed E-state index contributed by atoms with van der Waals surface area (Å²) >= 11 is 5.94. The predicted molar refractivity (Wildman–Crippen MR) is 61.7 cm³/mol. The van der Waals surface area contributed by atoms with Crippen LogP contribution in [0.3, 0.4) is 0 Å². The largest absolute Gasteiger partial charge is 0.495 e. The van der Waals surface area contributed by atoms with Crippen LogP contribution in [-0.4, -0.2) is 31.6 Å². The van der Waals surface area contributed by atoms with Crippen LogP contribution in [0.4, 0.5) is 5.69 Å². The van der Waals surface area contributed by atoms with Gasteiger partial charge in [-0.15, -0.1) is 0 Å². The second kappa shape index (κ2) is 5.60. The molecule has 0 aliphatic carbocycles. The summed E-state index contributed by atoms with van der Waals surface area (Å²) in [5.41, 5.74) is 5.35. The number of benzene rings is 1. The van der Waals surface area contributed by atoms with Crippen molar-refractivity contribution in [2.45, 2.75) is 0 Å². The number of halogens is 1. The number of ether oxygens (including phenoxy) is 2. The zero-order chi connectivity index (χ0) is 13.0. The minimum absolute atomic E-state index is 0.0710. The van der Waals surface area contributed by atoms with Crippen molar-refractivity contribution in [3.05, 3.63) is 27.6 Å². The number of hydrogen-bond donors (Lipinski definition) is 1. The van der Waals surface area contributed by atoms with Gasteiger partial charge in [0.2, 0.25) is 5.91 Å². The van der Waals surface area contributed by atoms with Crippen LogP contribution in [0.15, 0.2) is 12.1 Å². The number of nitrogens with zero attached hydrogens (tertiary/aromatic N) is 1. The van der Waals surface area contributed by atoms with E-state index < -0.39 is 5.91 Å². The lowest BCUT2D eigenvalue weighted by molar-refractivity contribution is -0.508. The van der Waals surface area contributed by atoms with Crippen molar-refractivity contribution < 1.29 is 19.0 Å². The fourth-order valence-electron chi connectivity index (χ4n) is 1.24. The first kappa shape index (κ1) is 13.4. The Balaban J connectivity index is 3.32. The third kappa shape index (κ3) is 2.92. The van der Waals surface area contributed by atoms with Gasteiger partial charge in [0.15, 0.2) is 5.02 Å². The molecule has 0 aliphatic heterocycles. The normalized spacial score (nSPS) is 10.1. The SMILES string of the molecule is COC[N+](=O)c1cc(C(N)=O)cc(OC)c1Cl. The molecule has 0 saturated heterocycles. The Bertz CT molecular complexity index is 462. The van der Waals surface area contributed by atoms with E-state index in [1.54, 1.807) is 0 Å². The van der Waals surface area contributed by atoms with Crippen LogP contribution in [0.1, 0.15) is 10.4 Å². The molecule has 0 spiro atoms. The molecule has 1 aromatic carbocycles. The second-order valence-corrected chi connectivity index (χ2v) is 3.55. The molecule has 0 saturated carbocycles. The summed E-state index contributed by atoms with van der Waals surface area (Å²) in [5.74, 6) is -0.470. The van der Waals surface area contributed by atoms with Gasteiger partial charge in [0.05, 0.1) is 11.9 Å². The molecule has 0 fully saturated rings. The number of carbonyl (C=O) groups is 1. The monoisotopic (exact) mass is 259 g/mol. The maximum Gasteiger partial charge on any atom is 0.301 e. The van der Waals surface area contributed by atoms with Gasteiger partial charge in [0.1, 0.15) is 5.75 Å². The summed E-state index contributed by atoms with van der Waals surface area (Å²) in [6.07, 6.45) is 0. The van der Waals surface area contributed by atoms with E-state index in [0.717, 1.165) is 0 Å². The summed E-state index contributed by atoms with van der Waals surface area (Å²) in [4.78, 5) is 22.7. The molecular formula is C10H12ClN2O4+. The van der Waals surface area contributed by atoms with Crippen molar-refractivity contribution in [3.63, 3.8) is 0 Å². The van der Waals surface area contributed by atoms with Crippen molar-refractivity contribution in [2.24, 2.45) is 5.73 Å². The minimum Gasteiger partial charge on any atom is -0.495 e. The molecule has 1 aromatic rings. The number of amides is 1. The standard InChI is InChI=1S/C10H11ClN2O4/c1-16-5-13(15)7-3-6(10(12)14)4-8(17-2)9(7)11/h3-4H,5H2,1-2H3,(H-,12,14)/p+1. The van der Waals surface area contributed by atoms with Gasteiger partial charge in [-0.25, -0.2) is 0 Å². The van der Waals surface area contributed by atoms with E-state index in [4.69, 9.17) is 22.1 Å². The fraction of sp³-hybridized carbons (Fsp3) is 0.300. The van der Waals surface area contributed by atoms with Crippen LogP contribution in [0.25, 0.3) is 0 Å². The van der Waals surface area contributed by atoms with Crippen molar-refractivity contribution in [1.82, 2.24) is 0 Å². The number of nitroso groups, excluding NO2 is 1. The highest BCUT2D eigenvalue weighted by molar-refractivity contribution is 6.34. The Morgan fingerprint density at radius 1 is 1.47 bits per heavy atom. The molecular weight excluding hydrogens is 248 g/mol.